The Balaban J connectivity index is 1.43. The molecule has 2 N–H and O–H groups in total. The van der Waals surface area contributed by atoms with E-state index in [0.29, 0.717) is 24.5 Å². The van der Waals surface area contributed by atoms with Gasteiger partial charge in [0.25, 0.3) is 0 Å². The Labute approximate surface area is 151 Å². The fourth-order valence-corrected chi connectivity index (χ4v) is 3.56. The second kappa shape index (κ2) is 6.70. The second-order valence-corrected chi connectivity index (χ2v) is 6.53. The van der Waals surface area contributed by atoms with Gasteiger partial charge >= 0.3 is 12.1 Å². The molecule has 2 aliphatic rings. The highest BCUT2D eigenvalue weighted by atomic mass is 16.6. The second-order valence-electron chi connectivity index (χ2n) is 6.53. The van der Waals surface area contributed by atoms with Crippen molar-refractivity contribution in [1.29, 1.82) is 0 Å². The molecule has 8 nitrogen and oxygen atoms in total. The lowest BCUT2D eigenvalue weighted by Gasteiger charge is -2.24. The smallest absolute Gasteiger partial charge is 0.414 e. The van der Waals surface area contributed by atoms with Crippen LogP contribution in [0.2, 0.25) is 0 Å². The number of cyclic esters (lactones) is 1. The Morgan fingerprint density at radius 3 is 3.08 bits per heavy atom. The van der Waals surface area contributed by atoms with Crippen LogP contribution < -0.4 is 15.5 Å². The first-order chi connectivity index (χ1) is 12.6. The van der Waals surface area contributed by atoms with Gasteiger partial charge in [0.05, 0.1) is 18.8 Å². The van der Waals surface area contributed by atoms with Crippen LogP contribution >= 0.6 is 0 Å². The van der Waals surface area contributed by atoms with Crippen molar-refractivity contribution in [2.45, 2.75) is 25.3 Å². The maximum Gasteiger partial charge on any atom is 0.414 e. The Morgan fingerprint density at radius 1 is 1.38 bits per heavy atom. The number of amides is 3. The van der Waals surface area contributed by atoms with Gasteiger partial charge in [-0.15, -0.1) is 0 Å². The van der Waals surface area contributed by atoms with Gasteiger partial charge in [-0.1, -0.05) is 6.07 Å². The number of aryl methyl sites for hydroxylation is 1. The molecule has 2 heterocycles. The molecule has 8 heteroatoms. The molecule has 0 saturated carbocycles. The zero-order valence-electron chi connectivity index (χ0n) is 14.6. The predicted molar refractivity (Wildman–Crippen MR) is 96.2 cm³/mol. The quantitative estimate of drug-likeness (QED) is 0.886. The zero-order valence-corrected chi connectivity index (χ0v) is 14.6. The molecule has 0 radical (unpaired) electrons. The number of urea groups is 1. The van der Waals surface area contributed by atoms with Crippen molar-refractivity contribution in [2.75, 3.05) is 23.4 Å². The van der Waals surface area contributed by atoms with Crippen LogP contribution in [0, 0.1) is 0 Å². The number of carbonyl (C=O) groups is 2. The Hall–Kier alpha value is -3.03. The first kappa shape index (κ1) is 16.4. The summed E-state index contributed by atoms with van der Waals surface area (Å²) in [6.45, 7) is 0.895. The molecule has 0 bridgehead atoms. The van der Waals surface area contributed by atoms with Crippen LogP contribution in [0.15, 0.2) is 30.5 Å². The van der Waals surface area contributed by atoms with Gasteiger partial charge in [-0.25, -0.2) is 9.59 Å². The summed E-state index contributed by atoms with van der Waals surface area (Å²) in [4.78, 5) is 25.7. The lowest BCUT2D eigenvalue weighted by Crippen LogP contribution is -2.34. The number of rotatable bonds is 3. The van der Waals surface area contributed by atoms with Gasteiger partial charge in [0.15, 0.2) is 0 Å². The lowest BCUT2D eigenvalue weighted by molar-refractivity contribution is 0.181. The van der Waals surface area contributed by atoms with Crippen molar-refractivity contribution in [1.82, 2.24) is 15.1 Å². The van der Waals surface area contributed by atoms with Crippen molar-refractivity contribution < 1.29 is 14.3 Å². The van der Waals surface area contributed by atoms with Gasteiger partial charge in [0, 0.05) is 29.7 Å². The zero-order chi connectivity index (χ0) is 18.1. The van der Waals surface area contributed by atoms with Crippen molar-refractivity contribution in [3.8, 4) is 0 Å². The van der Waals surface area contributed by atoms with Gasteiger partial charge in [-0.05, 0) is 37.5 Å². The first-order valence-electron chi connectivity index (χ1n) is 8.74. The summed E-state index contributed by atoms with van der Waals surface area (Å²) in [6, 6.07) is 6.87. The topological polar surface area (TPSA) is 88.5 Å². The van der Waals surface area contributed by atoms with Crippen LogP contribution in [0.4, 0.5) is 21.0 Å². The summed E-state index contributed by atoms with van der Waals surface area (Å²) >= 11 is 0. The molecule has 1 aliphatic carbocycles. The summed E-state index contributed by atoms with van der Waals surface area (Å²) in [7, 11) is 1.93. The number of nitrogens with zero attached hydrogens (tertiary/aromatic N) is 3. The number of aromatic nitrogens is 2. The molecule has 1 atom stereocenters. The SMILES string of the molecule is Cn1ncc2c1CCCC2NC(=O)Nc1cccc(N2CCOC2=O)c1. The van der Waals surface area contributed by atoms with Crippen molar-refractivity contribution in [3.63, 3.8) is 0 Å². The van der Waals surface area contributed by atoms with Crippen molar-refractivity contribution in [3.05, 3.63) is 41.7 Å². The van der Waals surface area contributed by atoms with Crippen molar-refractivity contribution in [2.24, 2.45) is 7.05 Å². The summed E-state index contributed by atoms with van der Waals surface area (Å²) < 4.78 is 6.83. The molecule has 4 rings (SSSR count). The molecule has 1 aliphatic heterocycles. The maximum atomic E-state index is 12.4. The van der Waals surface area contributed by atoms with Crippen LogP contribution in [0.1, 0.15) is 30.1 Å². The van der Waals surface area contributed by atoms with Crippen LogP contribution in [0.25, 0.3) is 0 Å². The monoisotopic (exact) mass is 355 g/mol. The molecular formula is C18H21N5O3. The van der Waals surface area contributed by atoms with E-state index in [4.69, 9.17) is 4.74 Å². The van der Waals surface area contributed by atoms with E-state index in [1.807, 2.05) is 24.0 Å². The fourth-order valence-electron chi connectivity index (χ4n) is 3.56. The predicted octanol–water partition coefficient (Wildman–Crippen LogP) is 2.58. The van der Waals surface area contributed by atoms with E-state index < -0.39 is 0 Å². The van der Waals surface area contributed by atoms with E-state index in [1.165, 1.54) is 5.69 Å². The van der Waals surface area contributed by atoms with Gasteiger partial charge < -0.3 is 15.4 Å². The number of hydrogen-bond acceptors (Lipinski definition) is 4. The Morgan fingerprint density at radius 2 is 2.27 bits per heavy atom. The van der Waals surface area contributed by atoms with Gasteiger partial charge in [-0.2, -0.15) is 5.10 Å². The third-order valence-corrected chi connectivity index (χ3v) is 4.86. The molecule has 1 unspecified atom stereocenters. The van der Waals surface area contributed by atoms with E-state index in [0.717, 1.165) is 24.8 Å². The number of nitrogens with one attached hydrogen (secondary N) is 2. The van der Waals surface area contributed by atoms with E-state index in [9.17, 15) is 9.59 Å². The molecule has 1 aromatic heterocycles. The highest BCUT2D eigenvalue weighted by Gasteiger charge is 2.26. The molecule has 3 amide bonds. The minimum atomic E-state index is -0.363. The normalized spacial score (nSPS) is 19.0. The third-order valence-electron chi connectivity index (χ3n) is 4.86. The molecule has 136 valence electrons. The number of carbonyl (C=O) groups excluding carboxylic acids is 2. The van der Waals surface area contributed by atoms with E-state index >= 15 is 0 Å². The molecular weight excluding hydrogens is 334 g/mol. The Bertz CT molecular complexity index is 847. The molecule has 1 saturated heterocycles. The largest absolute Gasteiger partial charge is 0.447 e. The molecule has 1 fully saturated rings. The van der Waals surface area contributed by atoms with Gasteiger partial charge in [-0.3, -0.25) is 9.58 Å². The highest BCUT2D eigenvalue weighted by Crippen LogP contribution is 2.29. The summed E-state index contributed by atoms with van der Waals surface area (Å²) in [6.07, 6.45) is 4.37. The minimum absolute atomic E-state index is 0.0378. The van der Waals surface area contributed by atoms with Crippen LogP contribution in [0.3, 0.4) is 0 Å². The number of ether oxygens (including phenoxy) is 1. The number of benzene rings is 1. The molecule has 0 spiro atoms. The third kappa shape index (κ3) is 3.10. The number of hydrogen-bond donors (Lipinski definition) is 2. The molecule has 26 heavy (non-hydrogen) atoms. The van der Waals surface area contributed by atoms with Gasteiger partial charge in [0.1, 0.15) is 6.61 Å². The van der Waals surface area contributed by atoms with Crippen LogP contribution in [0.5, 0.6) is 0 Å². The van der Waals surface area contributed by atoms with Crippen LogP contribution in [-0.4, -0.2) is 35.1 Å². The summed E-state index contributed by atoms with van der Waals surface area (Å²) in [5.74, 6) is 0. The minimum Gasteiger partial charge on any atom is -0.447 e. The number of anilines is 2. The maximum absolute atomic E-state index is 12.4. The molecule has 1 aromatic carbocycles. The molecule has 2 aromatic rings. The lowest BCUT2D eigenvalue weighted by atomic mass is 9.93. The average molecular weight is 355 g/mol. The summed E-state index contributed by atoms with van der Waals surface area (Å²) in [5.41, 5.74) is 3.60. The first-order valence-corrected chi connectivity index (χ1v) is 8.74. The van der Waals surface area contributed by atoms with E-state index in [2.05, 4.69) is 15.7 Å². The van der Waals surface area contributed by atoms with Gasteiger partial charge in [0.2, 0.25) is 0 Å². The summed E-state index contributed by atoms with van der Waals surface area (Å²) in [5, 5.41) is 10.2. The van der Waals surface area contributed by atoms with E-state index in [1.54, 1.807) is 23.1 Å². The Kier molecular flexibility index (Phi) is 4.24. The number of fused-ring (bicyclic) bond motifs is 1. The van der Waals surface area contributed by atoms with Crippen LogP contribution in [-0.2, 0) is 18.2 Å². The van der Waals surface area contributed by atoms with Crippen molar-refractivity contribution >= 4 is 23.5 Å². The highest BCUT2D eigenvalue weighted by molar-refractivity contribution is 5.93. The standard InChI is InChI=1S/C18H21N5O3/c1-22-16-7-3-6-15(14(16)11-19-22)21-17(24)20-12-4-2-5-13(10-12)23-8-9-26-18(23)25/h2,4-5,10-11,15H,3,6-9H2,1H3,(H2,20,21,24). The van der Waals surface area contributed by atoms with E-state index in [-0.39, 0.29) is 18.2 Å². The fraction of sp³-hybridized carbons (Fsp3) is 0.389. The average Bonchev–Trinajstić information content (AvgIpc) is 3.22.